The van der Waals surface area contributed by atoms with E-state index in [0.29, 0.717) is 12.0 Å². The largest absolute Gasteiger partial charge is 0.382 e. The molecule has 2 heteroatoms. The molecule has 2 nitrogen and oxygen atoms in total. The molecule has 0 saturated heterocycles. The van der Waals surface area contributed by atoms with Crippen molar-refractivity contribution in [3.8, 4) is 0 Å². The lowest BCUT2D eigenvalue weighted by Crippen LogP contribution is -2.31. The maximum atomic E-state index is 12.2. The lowest BCUT2D eigenvalue weighted by atomic mass is 9.90. The SMILES string of the molecule is CC(C)(O)C(=O)c1ccccc1Cc1ccccc1. The van der Waals surface area contributed by atoms with E-state index in [9.17, 15) is 9.90 Å². The van der Waals surface area contributed by atoms with Crippen molar-refractivity contribution in [2.75, 3.05) is 0 Å². The van der Waals surface area contributed by atoms with Crippen LogP contribution in [0.15, 0.2) is 54.6 Å². The van der Waals surface area contributed by atoms with Gasteiger partial charge in [-0.3, -0.25) is 4.79 Å². The Balaban J connectivity index is 2.35. The number of hydrogen-bond donors (Lipinski definition) is 1. The summed E-state index contributed by atoms with van der Waals surface area (Å²) in [4.78, 5) is 12.2. The van der Waals surface area contributed by atoms with Crippen molar-refractivity contribution >= 4 is 5.78 Å². The highest BCUT2D eigenvalue weighted by Crippen LogP contribution is 2.19. The van der Waals surface area contributed by atoms with E-state index in [4.69, 9.17) is 0 Å². The van der Waals surface area contributed by atoms with Crippen LogP contribution in [0.2, 0.25) is 0 Å². The molecule has 0 spiro atoms. The van der Waals surface area contributed by atoms with Gasteiger partial charge in [0.15, 0.2) is 5.78 Å². The van der Waals surface area contributed by atoms with Gasteiger partial charge in [0.05, 0.1) is 0 Å². The van der Waals surface area contributed by atoms with Gasteiger partial charge >= 0.3 is 0 Å². The normalized spacial score (nSPS) is 11.3. The Morgan fingerprint density at radius 1 is 1.00 bits per heavy atom. The molecular formula is C17H18O2. The third-order valence-corrected chi connectivity index (χ3v) is 3.06. The number of benzene rings is 2. The van der Waals surface area contributed by atoms with Gasteiger partial charge in [-0.25, -0.2) is 0 Å². The summed E-state index contributed by atoms with van der Waals surface area (Å²) >= 11 is 0. The Morgan fingerprint density at radius 2 is 1.58 bits per heavy atom. The maximum Gasteiger partial charge on any atom is 0.194 e. The molecule has 0 aliphatic rings. The average Bonchev–Trinajstić information content (AvgIpc) is 2.39. The van der Waals surface area contributed by atoms with Crippen LogP contribution in [0, 0.1) is 0 Å². The standard InChI is InChI=1S/C17H18O2/c1-17(2,19)16(18)15-11-7-6-10-14(15)12-13-8-4-3-5-9-13/h3-11,19H,12H2,1-2H3. The summed E-state index contributed by atoms with van der Waals surface area (Å²) in [7, 11) is 0. The fourth-order valence-corrected chi connectivity index (χ4v) is 2.04. The summed E-state index contributed by atoms with van der Waals surface area (Å²) in [6, 6.07) is 17.5. The minimum atomic E-state index is -1.34. The molecule has 1 N–H and O–H groups in total. The second-order valence-electron chi connectivity index (χ2n) is 5.21. The van der Waals surface area contributed by atoms with Gasteiger partial charge in [0.1, 0.15) is 5.60 Å². The number of carbonyl (C=O) groups excluding carboxylic acids is 1. The summed E-state index contributed by atoms with van der Waals surface area (Å²) < 4.78 is 0. The van der Waals surface area contributed by atoms with E-state index in [1.165, 1.54) is 13.8 Å². The first-order chi connectivity index (χ1) is 8.98. The molecule has 0 saturated carbocycles. The Bertz CT molecular complexity index is 565. The van der Waals surface area contributed by atoms with Gasteiger partial charge in [-0.15, -0.1) is 0 Å². The monoisotopic (exact) mass is 254 g/mol. The summed E-state index contributed by atoms with van der Waals surface area (Å²) in [5, 5.41) is 9.88. The summed E-state index contributed by atoms with van der Waals surface area (Å²) in [5.41, 5.74) is 1.35. The molecule has 0 radical (unpaired) electrons. The van der Waals surface area contributed by atoms with Crippen molar-refractivity contribution in [1.82, 2.24) is 0 Å². The predicted octanol–water partition coefficient (Wildman–Crippen LogP) is 3.23. The van der Waals surface area contributed by atoms with Crippen molar-refractivity contribution in [3.63, 3.8) is 0 Å². The number of hydrogen-bond acceptors (Lipinski definition) is 2. The van der Waals surface area contributed by atoms with Crippen molar-refractivity contribution < 1.29 is 9.90 Å². The van der Waals surface area contributed by atoms with Crippen molar-refractivity contribution in [1.29, 1.82) is 0 Å². The van der Waals surface area contributed by atoms with E-state index in [1.807, 2.05) is 48.5 Å². The lowest BCUT2D eigenvalue weighted by molar-refractivity contribution is 0.0487. The van der Waals surface area contributed by atoms with Gasteiger partial charge in [-0.2, -0.15) is 0 Å². The summed E-state index contributed by atoms with van der Waals surface area (Å²) in [6.07, 6.45) is 0.693. The molecular weight excluding hydrogens is 236 g/mol. The van der Waals surface area contributed by atoms with E-state index in [1.54, 1.807) is 6.07 Å². The first kappa shape index (κ1) is 13.5. The van der Waals surface area contributed by atoms with Gasteiger partial charge in [-0.1, -0.05) is 54.6 Å². The summed E-state index contributed by atoms with van der Waals surface area (Å²) in [6.45, 7) is 3.04. The Kier molecular flexibility index (Phi) is 3.82. The molecule has 0 fully saturated rings. The molecule has 0 amide bonds. The predicted molar refractivity (Wildman–Crippen MR) is 76.3 cm³/mol. The Hall–Kier alpha value is -1.93. The Labute approximate surface area is 113 Å². The Morgan fingerprint density at radius 3 is 2.21 bits per heavy atom. The van der Waals surface area contributed by atoms with Crippen LogP contribution in [-0.4, -0.2) is 16.5 Å². The lowest BCUT2D eigenvalue weighted by Gasteiger charge is -2.18. The zero-order chi connectivity index (χ0) is 13.9. The van der Waals surface area contributed by atoms with Crippen molar-refractivity contribution in [3.05, 3.63) is 71.3 Å². The van der Waals surface area contributed by atoms with Crippen LogP contribution >= 0.6 is 0 Å². The van der Waals surface area contributed by atoms with Crippen molar-refractivity contribution in [2.45, 2.75) is 25.9 Å². The van der Waals surface area contributed by atoms with E-state index in [0.717, 1.165) is 11.1 Å². The second-order valence-corrected chi connectivity index (χ2v) is 5.21. The van der Waals surface area contributed by atoms with Crippen LogP contribution in [0.4, 0.5) is 0 Å². The van der Waals surface area contributed by atoms with Gasteiger partial charge in [0, 0.05) is 5.56 Å². The minimum absolute atomic E-state index is 0.237. The van der Waals surface area contributed by atoms with Crippen LogP contribution in [0.5, 0.6) is 0 Å². The quantitative estimate of drug-likeness (QED) is 0.850. The van der Waals surface area contributed by atoms with Gasteiger partial charge in [-0.05, 0) is 31.4 Å². The average molecular weight is 254 g/mol. The van der Waals surface area contributed by atoms with Gasteiger partial charge < -0.3 is 5.11 Å². The second kappa shape index (κ2) is 5.37. The smallest absolute Gasteiger partial charge is 0.194 e. The van der Waals surface area contributed by atoms with Crippen LogP contribution in [0.3, 0.4) is 0 Å². The molecule has 0 aromatic heterocycles. The molecule has 2 rings (SSSR count). The molecule has 2 aromatic rings. The highest BCUT2D eigenvalue weighted by Gasteiger charge is 2.26. The zero-order valence-electron chi connectivity index (χ0n) is 11.3. The molecule has 0 heterocycles. The first-order valence-corrected chi connectivity index (χ1v) is 6.37. The fraction of sp³-hybridized carbons (Fsp3) is 0.235. The van der Waals surface area contributed by atoms with E-state index >= 15 is 0 Å². The van der Waals surface area contributed by atoms with Gasteiger partial charge in [0.25, 0.3) is 0 Å². The van der Waals surface area contributed by atoms with Crippen LogP contribution in [-0.2, 0) is 6.42 Å². The summed E-state index contributed by atoms with van der Waals surface area (Å²) in [5.74, 6) is -0.237. The number of carbonyl (C=O) groups is 1. The first-order valence-electron chi connectivity index (χ1n) is 6.37. The molecule has 0 aliphatic carbocycles. The molecule has 0 aliphatic heterocycles. The van der Waals surface area contributed by atoms with E-state index in [2.05, 4.69) is 0 Å². The maximum absolute atomic E-state index is 12.2. The number of Topliss-reactive ketones (excluding diaryl/α,β-unsaturated/α-hetero) is 1. The molecule has 0 bridgehead atoms. The number of rotatable bonds is 4. The highest BCUT2D eigenvalue weighted by atomic mass is 16.3. The van der Waals surface area contributed by atoms with Crippen LogP contribution in [0.25, 0.3) is 0 Å². The third kappa shape index (κ3) is 3.30. The zero-order valence-corrected chi connectivity index (χ0v) is 11.3. The van der Waals surface area contributed by atoms with Crippen molar-refractivity contribution in [2.24, 2.45) is 0 Å². The molecule has 0 atom stereocenters. The third-order valence-electron chi connectivity index (χ3n) is 3.06. The van der Waals surface area contributed by atoms with Gasteiger partial charge in [0.2, 0.25) is 0 Å². The van der Waals surface area contributed by atoms with Crippen LogP contribution < -0.4 is 0 Å². The van der Waals surface area contributed by atoms with Crippen LogP contribution in [0.1, 0.15) is 35.3 Å². The molecule has 98 valence electrons. The number of aliphatic hydroxyl groups is 1. The molecule has 19 heavy (non-hydrogen) atoms. The topological polar surface area (TPSA) is 37.3 Å². The van der Waals surface area contributed by atoms with E-state index in [-0.39, 0.29) is 5.78 Å². The highest BCUT2D eigenvalue weighted by molar-refractivity contribution is 6.03. The van der Waals surface area contributed by atoms with E-state index < -0.39 is 5.60 Å². The fourth-order valence-electron chi connectivity index (χ4n) is 2.04. The molecule has 0 unspecified atom stereocenters. The minimum Gasteiger partial charge on any atom is -0.382 e. The molecule has 2 aromatic carbocycles. The number of ketones is 1.